The van der Waals surface area contributed by atoms with Crippen LogP contribution in [0, 0.1) is 5.82 Å². The fourth-order valence-electron chi connectivity index (χ4n) is 2.46. The average Bonchev–Trinajstić information content (AvgIpc) is 3.10. The van der Waals surface area contributed by atoms with Crippen LogP contribution >= 0.6 is 34.5 Å². The Labute approximate surface area is 175 Å². The molecule has 0 aliphatic heterocycles. The van der Waals surface area contributed by atoms with Crippen LogP contribution in [0.15, 0.2) is 41.8 Å². The molecule has 0 aliphatic carbocycles. The van der Waals surface area contributed by atoms with Gasteiger partial charge in [0.15, 0.2) is 0 Å². The number of hydrogen-bond donors (Lipinski definition) is 0. The minimum Gasteiger partial charge on any atom is -0.488 e. The summed E-state index contributed by atoms with van der Waals surface area (Å²) >= 11 is 13.6. The van der Waals surface area contributed by atoms with Crippen molar-refractivity contribution in [2.45, 2.75) is 20.0 Å². The molecule has 0 atom stereocenters. The smallest absolute Gasteiger partial charge is 0.311 e. The molecule has 3 aromatic rings. The van der Waals surface area contributed by atoms with Gasteiger partial charge in [-0.2, -0.15) is 0 Å². The summed E-state index contributed by atoms with van der Waals surface area (Å²) in [6, 6.07) is 9.34. The number of nitrogens with zero attached hydrogens (tertiary/aromatic N) is 1. The van der Waals surface area contributed by atoms with Crippen molar-refractivity contribution in [1.82, 2.24) is 4.98 Å². The molecular formula is C20H16Cl2FNO3S. The first-order valence-corrected chi connectivity index (χ1v) is 10.1. The highest BCUT2D eigenvalue weighted by atomic mass is 35.5. The van der Waals surface area contributed by atoms with Gasteiger partial charge in [-0.05, 0) is 37.3 Å². The molecule has 0 unspecified atom stereocenters. The third-order valence-electron chi connectivity index (χ3n) is 3.75. The third kappa shape index (κ3) is 5.22. The largest absolute Gasteiger partial charge is 0.488 e. The lowest BCUT2D eigenvalue weighted by Crippen LogP contribution is -2.07. The lowest BCUT2D eigenvalue weighted by atomic mass is 10.2. The molecule has 0 bridgehead atoms. The van der Waals surface area contributed by atoms with Gasteiger partial charge in [0.2, 0.25) is 0 Å². The van der Waals surface area contributed by atoms with Crippen LogP contribution in [0.1, 0.15) is 18.2 Å². The zero-order chi connectivity index (χ0) is 20.1. The van der Waals surface area contributed by atoms with Gasteiger partial charge in [0.1, 0.15) is 23.2 Å². The Morgan fingerprint density at radius 3 is 2.79 bits per heavy atom. The van der Waals surface area contributed by atoms with E-state index >= 15 is 0 Å². The number of hydrogen-bond acceptors (Lipinski definition) is 5. The molecule has 0 saturated heterocycles. The third-order valence-corrected chi connectivity index (χ3v) is 5.26. The van der Waals surface area contributed by atoms with E-state index in [9.17, 15) is 9.18 Å². The molecule has 0 fully saturated rings. The minimum atomic E-state index is -0.405. The molecule has 0 saturated carbocycles. The lowest BCUT2D eigenvalue weighted by Gasteiger charge is -2.11. The Hall–Kier alpha value is -2.15. The van der Waals surface area contributed by atoms with Gasteiger partial charge < -0.3 is 9.47 Å². The van der Waals surface area contributed by atoms with E-state index in [2.05, 4.69) is 4.98 Å². The number of carbonyl (C=O) groups is 1. The van der Waals surface area contributed by atoms with Crippen LogP contribution in [-0.4, -0.2) is 17.6 Å². The second kappa shape index (κ2) is 9.37. The Balaban J connectivity index is 1.81. The first kappa shape index (κ1) is 20.6. The summed E-state index contributed by atoms with van der Waals surface area (Å²) in [7, 11) is 0. The summed E-state index contributed by atoms with van der Waals surface area (Å²) in [6.07, 6.45) is 0.103. The number of aromatic nitrogens is 1. The molecule has 0 amide bonds. The van der Waals surface area contributed by atoms with E-state index in [-0.39, 0.29) is 19.0 Å². The van der Waals surface area contributed by atoms with Crippen molar-refractivity contribution in [2.75, 3.05) is 6.61 Å². The highest BCUT2D eigenvalue weighted by Crippen LogP contribution is 2.35. The Kier molecular flexibility index (Phi) is 6.88. The van der Waals surface area contributed by atoms with Crippen molar-refractivity contribution in [1.29, 1.82) is 0 Å². The molecule has 28 heavy (non-hydrogen) atoms. The van der Waals surface area contributed by atoms with Gasteiger partial charge in [0.05, 0.1) is 29.3 Å². The van der Waals surface area contributed by atoms with Crippen LogP contribution in [0.25, 0.3) is 10.6 Å². The van der Waals surface area contributed by atoms with Gasteiger partial charge in [-0.3, -0.25) is 4.79 Å². The van der Waals surface area contributed by atoms with Crippen LogP contribution in [0.3, 0.4) is 0 Å². The molecule has 1 aromatic heterocycles. The van der Waals surface area contributed by atoms with Gasteiger partial charge >= 0.3 is 5.97 Å². The predicted molar refractivity (Wildman–Crippen MR) is 109 cm³/mol. The molecule has 2 aromatic carbocycles. The van der Waals surface area contributed by atoms with Crippen LogP contribution in [0.4, 0.5) is 4.39 Å². The summed E-state index contributed by atoms with van der Waals surface area (Å²) in [6.45, 7) is 2.25. The van der Waals surface area contributed by atoms with Crippen molar-refractivity contribution >= 4 is 40.5 Å². The topological polar surface area (TPSA) is 48.4 Å². The molecule has 0 spiro atoms. The van der Waals surface area contributed by atoms with Crippen molar-refractivity contribution in [3.8, 4) is 16.3 Å². The van der Waals surface area contributed by atoms with E-state index in [1.54, 1.807) is 36.6 Å². The summed E-state index contributed by atoms with van der Waals surface area (Å²) in [4.78, 5) is 16.1. The highest BCUT2D eigenvalue weighted by Gasteiger charge is 2.15. The number of esters is 1. The summed E-state index contributed by atoms with van der Waals surface area (Å²) < 4.78 is 24.0. The standard InChI is InChI=1S/C20H16Cl2FNO3S/c1-2-26-19(25)9-15-11-28-20(24-15)16-7-13(21)4-6-18(16)27-10-12-3-5-14(23)8-17(12)22/h3-8,11H,2,9-10H2,1H3. The maximum atomic E-state index is 13.2. The maximum Gasteiger partial charge on any atom is 0.311 e. The quantitative estimate of drug-likeness (QED) is 0.427. The van der Waals surface area contributed by atoms with Gasteiger partial charge in [-0.1, -0.05) is 29.3 Å². The summed E-state index contributed by atoms with van der Waals surface area (Å²) in [5.41, 5.74) is 1.97. The maximum absolute atomic E-state index is 13.2. The number of benzene rings is 2. The highest BCUT2D eigenvalue weighted by molar-refractivity contribution is 7.13. The minimum absolute atomic E-state index is 0.103. The zero-order valence-electron chi connectivity index (χ0n) is 14.9. The monoisotopic (exact) mass is 439 g/mol. The Morgan fingerprint density at radius 2 is 2.04 bits per heavy atom. The first-order chi connectivity index (χ1) is 13.5. The number of ether oxygens (including phenoxy) is 2. The molecule has 0 N–H and O–H groups in total. The second-order valence-electron chi connectivity index (χ2n) is 5.79. The Morgan fingerprint density at radius 1 is 1.21 bits per heavy atom. The molecule has 0 aliphatic rings. The molecular weight excluding hydrogens is 424 g/mol. The van der Waals surface area contributed by atoms with E-state index in [0.29, 0.717) is 44.2 Å². The number of rotatable bonds is 7. The second-order valence-corrected chi connectivity index (χ2v) is 7.49. The molecule has 3 rings (SSSR count). The molecule has 4 nitrogen and oxygen atoms in total. The lowest BCUT2D eigenvalue weighted by molar-refractivity contribution is -0.142. The van der Waals surface area contributed by atoms with Gasteiger partial charge in [-0.25, -0.2) is 9.37 Å². The van der Waals surface area contributed by atoms with Crippen LogP contribution < -0.4 is 4.74 Å². The van der Waals surface area contributed by atoms with Crippen molar-refractivity contribution in [3.05, 3.63) is 68.9 Å². The van der Waals surface area contributed by atoms with E-state index in [1.807, 2.05) is 0 Å². The normalized spacial score (nSPS) is 10.7. The molecule has 0 radical (unpaired) electrons. The molecule has 146 valence electrons. The number of thiazole rings is 1. The van der Waals surface area contributed by atoms with Crippen molar-refractivity contribution in [3.63, 3.8) is 0 Å². The fraction of sp³-hybridized carbons (Fsp3) is 0.200. The van der Waals surface area contributed by atoms with Crippen molar-refractivity contribution < 1.29 is 18.7 Å². The number of halogens is 3. The fourth-order valence-corrected chi connectivity index (χ4v) is 3.70. The van der Waals surface area contributed by atoms with Crippen LogP contribution in [0.2, 0.25) is 10.0 Å². The van der Waals surface area contributed by atoms with Crippen LogP contribution in [0.5, 0.6) is 5.75 Å². The summed E-state index contributed by atoms with van der Waals surface area (Å²) in [5, 5.41) is 3.29. The van der Waals surface area contributed by atoms with E-state index in [4.69, 9.17) is 32.7 Å². The van der Waals surface area contributed by atoms with E-state index in [1.165, 1.54) is 23.5 Å². The Bertz CT molecular complexity index is 993. The molecule has 1 heterocycles. The zero-order valence-corrected chi connectivity index (χ0v) is 17.2. The predicted octanol–water partition coefficient (Wildman–Crippen LogP) is 5.94. The van der Waals surface area contributed by atoms with Gasteiger partial charge in [-0.15, -0.1) is 11.3 Å². The number of carbonyl (C=O) groups excluding carboxylic acids is 1. The van der Waals surface area contributed by atoms with E-state index in [0.717, 1.165) is 0 Å². The van der Waals surface area contributed by atoms with Gasteiger partial charge in [0.25, 0.3) is 0 Å². The van der Waals surface area contributed by atoms with Crippen molar-refractivity contribution in [2.24, 2.45) is 0 Å². The summed E-state index contributed by atoms with van der Waals surface area (Å²) in [5.74, 6) is -0.174. The van der Waals surface area contributed by atoms with Crippen LogP contribution in [-0.2, 0) is 22.6 Å². The van der Waals surface area contributed by atoms with Gasteiger partial charge in [0, 0.05) is 16.0 Å². The SMILES string of the molecule is CCOC(=O)Cc1csc(-c2cc(Cl)ccc2OCc2ccc(F)cc2Cl)n1. The molecule has 8 heteroatoms. The first-order valence-electron chi connectivity index (χ1n) is 8.43. The average molecular weight is 440 g/mol. The van der Waals surface area contributed by atoms with E-state index < -0.39 is 5.82 Å².